The zero-order valence-corrected chi connectivity index (χ0v) is 20.5. The van der Waals surface area contributed by atoms with Crippen molar-refractivity contribution in [1.29, 1.82) is 0 Å². The van der Waals surface area contributed by atoms with Gasteiger partial charge < -0.3 is 4.90 Å². The summed E-state index contributed by atoms with van der Waals surface area (Å²) in [6.45, 7) is 4.63. The Balaban J connectivity index is 1.22. The Labute approximate surface area is 212 Å². The van der Waals surface area contributed by atoms with E-state index in [1.54, 1.807) is 4.90 Å². The van der Waals surface area contributed by atoms with Crippen molar-refractivity contribution >= 4 is 5.91 Å². The molecule has 0 aromatic heterocycles. The molecule has 36 heavy (non-hydrogen) atoms. The van der Waals surface area contributed by atoms with Crippen LogP contribution in [0.4, 0.5) is 8.78 Å². The van der Waals surface area contributed by atoms with Crippen molar-refractivity contribution in [2.45, 2.75) is 37.9 Å². The van der Waals surface area contributed by atoms with Gasteiger partial charge in [0.05, 0.1) is 6.04 Å². The van der Waals surface area contributed by atoms with Crippen molar-refractivity contribution in [2.75, 3.05) is 32.7 Å². The van der Waals surface area contributed by atoms with Gasteiger partial charge in [-0.3, -0.25) is 14.6 Å². The Morgan fingerprint density at radius 2 is 1.42 bits per heavy atom. The van der Waals surface area contributed by atoms with Crippen LogP contribution in [0.2, 0.25) is 0 Å². The van der Waals surface area contributed by atoms with Gasteiger partial charge in [-0.2, -0.15) is 0 Å². The summed E-state index contributed by atoms with van der Waals surface area (Å²) in [7, 11) is 0. The van der Waals surface area contributed by atoms with Gasteiger partial charge in [-0.05, 0) is 30.0 Å². The van der Waals surface area contributed by atoms with Crippen molar-refractivity contribution in [3.05, 3.63) is 107 Å². The van der Waals surface area contributed by atoms with E-state index in [0.717, 1.165) is 45.1 Å². The maximum atomic E-state index is 14.2. The fourth-order valence-corrected chi connectivity index (χ4v) is 5.66. The van der Waals surface area contributed by atoms with Crippen LogP contribution in [0.25, 0.3) is 0 Å². The minimum atomic E-state index is -0.598. The lowest BCUT2D eigenvalue weighted by Gasteiger charge is -2.42. The number of rotatable bonds is 6. The fraction of sp³-hybridized carbons (Fsp3) is 0.367. The van der Waals surface area contributed by atoms with E-state index in [1.165, 1.54) is 23.3 Å². The van der Waals surface area contributed by atoms with Gasteiger partial charge in [0, 0.05) is 63.4 Å². The predicted octanol–water partition coefficient (Wildman–Crippen LogP) is 5.25. The van der Waals surface area contributed by atoms with Crippen LogP contribution < -0.4 is 0 Å². The first-order chi connectivity index (χ1) is 17.6. The summed E-state index contributed by atoms with van der Waals surface area (Å²) in [4.78, 5) is 19.6. The van der Waals surface area contributed by atoms with Gasteiger partial charge in [-0.1, -0.05) is 66.7 Å². The molecular formula is C30H33F2N3O. The summed E-state index contributed by atoms with van der Waals surface area (Å²) in [6.07, 6.45) is 2.15. The van der Waals surface area contributed by atoms with Crippen LogP contribution in [0.1, 0.15) is 42.0 Å². The van der Waals surface area contributed by atoms with E-state index >= 15 is 0 Å². The summed E-state index contributed by atoms with van der Waals surface area (Å²) in [5.74, 6) is -1.14. The van der Waals surface area contributed by atoms with Crippen LogP contribution in [-0.2, 0) is 11.3 Å². The normalized spacial score (nSPS) is 20.0. The number of hydrogen-bond donors (Lipinski definition) is 0. The Bertz CT molecular complexity index is 1110. The fourth-order valence-electron chi connectivity index (χ4n) is 5.66. The number of amides is 1. The monoisotopic (exact) mass is 489 g/mol. The molecule has 188 valence electrons. The summed E-state index contributed by atoms with van der Waals surface area (Å²) in [5.41, 5.74) is 2.98. The minimum absolute atomic E-state index is 0.0491. The molecule has 4 nitrogen and oxygen atoms in total. The first-order valence-corrected chi connectivity index (χ1v) is 12.9. The molecule has 0 bridgehead atoms. The van der Waals surface area contributed by atoms with E-state index < -0.39 is 11.6 Å². The van der Waals surface area contributed by atoms with Crippen LogP contribution in [0.3, 0.4) is 0 Å². The SMILES string of the molecule is O=C1CCC(N2CCN(C(c3ccccc3)c3ccccc3)CC2)CCN1Cc1ccc(F)cc1F. The molecule has 1 atom stereocenters. The van der Waals surface area contributed by atoms with Gasteiger partial charge in [-0.15, -0.1) is 0 Å². The van der Waals surface area contributed by atoms with Crippen LogP contribution in [0, 0.1) is 11.6 Å². The molecule has 2 aliphatic rings. The number of benzene rings is 3. The minimum Gasteiger partial charge on any atom is -0.338 e. The lowest BCUT2D eigenvalue weighted by molar-refractivity contribution is -0.131. The topological polar surface area (TPSA) is 26.8 Å². The van der Waals surface area contributed by atoms with Crippen LogP contribution in [0.15, 0.2) is 78.9 Å². The molecule has 0 N–H and O–H groups in total. The van der Waals surface area contributed by atoms with E-state index in [2.05, 4.69) is 70.5 Å². The molecule has 0 saturated carbocycles. The molecule has 3 aromatic carbocycles. The van der Waals surface area contributed by atoms with Crippen LogP contribution in [-0.4, -0.2) is 59.4 Å². The van der Waals surface area contributed by atoms with Gasteiger partial charge in [0.2, 0.25) is 5.91 Å². The van der Waals surface area contributed by atoms with Gasteiger partial charge in [-0.25, -0.2) is 8.78 Å². The van der Waals surface area contributed by atoms with Crippen molar-refractivity contribution in [3.63, 3.8) is 0 Å². The molecule has 2 saturated heterocycles. The predicted molar refractivity (Wildman–Crippen MR) is 137 cm³/mol. The van der Waals surface area contributed by atoms with Gasteiger partial charge in [0.1, 0.15) is 11.6 Å². The van der Waals surface area contributed by atoms with Crippen LogP contribution in [0.5, 0.6) is 0 Å². The van der Waals surface area contributed by atoms with Gasteiger partial charge in [0.15, 0.2) is 0 Å². The lowest BCUT2D eigenvalue weighted by atomic mass is 9.96. The molecule has 1 unspecified atom stereocenters. The number of carbonyl (C=O) groups is 1. The smallest absolute Gasteiger partial charge is 0.222 e. The average molecular weight is 490 g/mol. The average Bonchev–Trinajstić information content (AvgIpc) is 3.09. The van der Waals surface area contributed by atoms with E-state index in [9.17, 15) is 13.6 Å². The highest BCUT2D eigenvalue weighted by atomic mass is 19.1. The molecule has 0 spiro atoms. The quantitative estimate of drug-likeness (QED) is 0.473. The molecule has 1 amide bonds. The molecular weight excluding hydrogens is 456 g/mol. The van der Waals surface area contributed by atoms with E-state index in [1.807, 2.05) is 0 Å². The largest absolute Gasteiger partial charge is 0.338 e. The maximum absolute atomic E-state index is 14.2. The van der Waals surface area contributed by atoms with Crippen LogP contribution >= 0.6 is 0 Å². The van der Waals surface area contributed by atoms with E-state index in [0.29, 0.717) is 24.6 Å². The molecule has 2 heterocycles. The number of likely N-dealkylation sites (tertiary alicyclic amines) is 1. The lowest BCUT2D eigenvalue weighted by Crippen LogP contribution is -2.51. The molecule has 0 radical (unpaired) electrons. The van der Waals surface area contributed by atoms with Gasteiger partial charge >= 0.3 is 0 Å². The maximum Gasteiger partial charge on any atom is 0.222 e. The standard InChI is InChI=1S/C30H33F2N3O/c31-26-12-11-25(28(32)21-26)22-35-16-15-27(13-14-29(35)36)33-17-19-34(20-18-33)30(23-7-3-1-4-8-23)24-9-5-2-6-10-24/h1-12,21,27,30H,13-20,22H2. The van der Waals surface area contributed by atoms with Crippen molar-refractivity contribution in [2.24, 2.45) is 0 Å². The molecule has 3 aromatic rings. The van der Waals surface area contributed by atoms with E-state index in [-0.39, 0.29) is 18.5 Å². The summed E-state index contributed by atoms with van der Waals surface area (Å²) in [6, 6.07) is 25.5. The highest BCUT2D eigenvalue weighted by Gasteiger charge is 2.31. The summed E-state index contributed by atoms with van der Waals surface area (Å²) in [5, 5.41) is 0. The number of hydrogen-bond acceptors (Lipinski definition) is 3. The zero-order chi connectivity index (χ0) is 24.9. The third kappa shape index (κ3) is 5.66. The molecule has 2 fully saturated rings. The number of halogens is 2. The number of nitrogens with zero attached hydrogens (tertiary/aromatic N) is 3. The second kappa shape index (κ2) is 11.3. The number of piperazine rings is 1. The number of carbonyl (C=O) groups excluding carboxylic acids is 1. The summed E-state index contributed by atoms with van der Waals surface area (Å²) >= 11 is 0. The van der Waals surface area contributed by atoms with E-state index in [4.69, 9.17) is 0 Å². The second-order valence-electron chi connectivity index (χ2n) is 9.83. The Morgan fingerprint density at radius 3 is 2.03 bits per heavy atom. The third-order valence-corrected chi connectivity index (χ3v) is 7.61. The third-order valence-electron chi connectivity index (χ3n) is 7.61. The van der Waals surface area contributed by atoms with Gasteiger partial charge in [0.25, 0.3) is 0 Å². The van der Waals surface area contributed by atoms with Crippen molar-refractivity contribution in [1.82, 2.24) is 14.7 Å². The zero-order valence-electron chi connectivity index (χ0n) is 20.5. The molecule has 0 aliphatic carbocycles. The Morgan fingerprint density at radius 1 is 0.778 bits per heavy atom. The summed E-state index contributed by atoms with van der Waals surface area (Å²) < 4.78 is 27.4. The highest BCUT2D eigenvalue weighted by molar-refractivity contribution is 5.76. The molecule has 2 aliphatic heterocycles. The second-order valence-corrected chi connectivity index (χ2v) is 9.83. The van der Waals surface area contributed by atoms with Crippen molar-refractivity contribution < 1.29 is 13.6 Å². The first kappa shape index (κ1) is 24.6. The molecule has 5 rings (SSSR count). The first-order valence-electron chi connectivity index (χ1n) is 12.9. The highest BCUT2D eigenvalue weighted by Crippen LogP contribution is 2.30. The Hall–Kier alpha value is -3.09. The molecule has 6 heteroatoms. The van der Waals surface area contributed by atoms with Crippen molar-refractivity contribution in [3.8, 4) is 0 Å². The Kier molecular flexibility index (Phi) is 7.73.